The number of hydrogen-bond donors (Lipinski definition) is 0. The van der Waals surface area contributed by atoms with Crippen LogP contribution in [0.25, 0.3) is 0 Å². The number of sulfone groups is 1. The molecule has 3 atom stereocenters. The van der Waals surface area contributed by atoms with E-state index in [1.165, 1.54) is 5.56 Å². The summed E-state index contributed by atoms with van der Waals surface area (Å²) in [6.07, 6.45) is 3.94. The van der Waals surface area contributed by atoms with Crippen molar-refractivity contribution < 1.29 is 17.9 Å². The van der Waals surface area contributed by atoms with Gasteiger partial charge >= 0.3 is 0 Å². The van der Waals surface area contributed by atoms with Gasteiger partial charge in [0.05, 0.1) is 19.0 Å². The van der Waals surface area contributed by atoms with Gasteiger partial charge in [0, 0.05) is 54.8 Å². The molecular weight excluding hydrogens is 504 g/mol. The molecule has 4 aliphatic rings. The highest BCUT2D eigenvalue weighted by Crippen LogP contribution is 2.47. The van der Waals surface area contributed by atoms with Gasteiger partial charge in [-0.05, 0) is 38.8 Å². The molecule has 3 fully saturated rings. The van der Waals surface area contributed by atoms with Crippen molar-refractivity contribution in [1.82, 2.24) is 19.9 Å². The van der Waals surface area contributed by atoms with Crippen LogP contribution in [0.5, 0.6) is 0 Å². The van der Waals surface area contributed by atoms with E-state index in [0.717, 1.165) is 42.8 Å². The maximum Gasteiger partial charge on any atom is 0.244 e. The summed E-state index contributed by atoms with van der Waals surface area (Å²) in [6, 6.07) is 4.01. The van der Waals surface area contributed by atoms with Gasteiger partial charge in [-0.1, -0.05) is 19.9 Å². The van der Waals surface area contributed by atoms with Crippen molar-refractivity contribution in [3.05, 3.63) is 35.8 Å². The number of anilines is 3. The normalized spacial score (nSPS) is 30.0. The Morgan fingerprint density at radius 1 is 1.03 bits per heavy atom. The Balaban J connectivity index is 1.28. The minimum absolute atomic E-state index is 0.0347. The molecule has 0 bridgehead atoms. The van der Waals surface area contributed by atoms with Gasteiger partial charge < -0.3 is 19.4 Å². The molecule has 2 aromatic rings. The van der Waals surface area contributed by atoms with Crippen LogP contribution in [0.4, 0.5) is 17.5 Å². The van der Waals surface area contributed by atoms with E-state index in [0.29, 0.717) is 25.4 Å². The Kier molecular flexibility index (Phi) is 5.77. The highest BCUT2D eigenvalue weighted by atomic mass is 32.2. The number of nitrogens with zero attached hydrogens (tertiary/aromatic N) is 6. The first-order valence-corrected chi connectivity index (χ1v) is 15.0. The third-order valence-corrected chi connectivity index (χ3v) is 11.4. The van der Waals surface area contributed by atoms with Crippen molar-refractivity contribution in [1.29, 1.82) is 0 Å². The molecule has 0 saturated carbocycles. The third kappa shape index (κ3) is 3.72. The van der Waals surface area contributed by atoms with Crippen LogP contribution >= 0.6 is 0 Å². The molecule has 38 heavy (non-hydrogen) atoms. The van der Waals surface area contributed by atoms with Crippen LogP contribution in [-0.4, -0.2) is 89.6 Å². The van der Waals surface area contributed by atoms with Crippen molar-refractivity contribution in [2.24, 2.45) is 0 Å². The second kappa shape index (κ2) is 8.61. The lowest BCUT2D eigenvalue weighted by Gasteiger charge is -2.49. The lowest BCUT2D eigenvalue weighted by atomic mass is 9.87. The summed E-state index contributed by atoms with van der Waals surface area (Å²) in [7, 11) is -3.38. The first-order valence-electron chi connectivity index (χ1n) is 13.4. The average molecular weight is 541 g/mol. The Labute approximate surface area is 224 Å². The summed E-state index contributed by atoms with van der Waals surface area (Å²) in [4.78, 5) is 33.8. The SMILES string of the molecule is C[C@@H]1CN(c2ncnc3c2C(C)(C)CN3c2ccc(C3COC3)cn2)[C@@H](C)CN1C(=O)C1(C)CCS1(=O)=O. The predicted octanol–water partition coefficient (Wildman–Crippen LogP) is 2.42. The van der Waals surface area contributed by atoms with Crippen LogP contribution < -0.4 is 9.80 Å². The maximum absolute atomic E-state index is 13.4. The van der Waals surface area contributed by atoms with Crippen LogP contribution in [0.3, 0.4) is 0 Å². The Hall–Kier alpha value is -2.79. The molecular formula is C27H36N6O4S. The average Bonchev–Trinajstić information content (AvgIpc) is 3.14. The topological polar surface area (TPSA) is 109 Å². The lowest BCUT2D eigenvalue weighted by Crippen LogP contribution is -2.66. The second-order valence-electron chi connectivity index (χ2n) is 12.2. The fraction of sp³-hybridized carbons (Fsp3) is 0.630. The smallest absolute Gasteiger partial charge is 0.244 e. The molecule has 0 radical (unpaired) electrons. The van der Waals surface area contributed by atoms with E-state index in [1.54, 1.807) is 18.2 Å². The van der Waals surface area contributed by atoms with Gasteiger partial charge in [-0.15, -0.1) is 0 Å². The van der Waals surface area contributed by atoms with Gasteiger partial charge in [0.2, 0.25) is 5.91 Å². The lowest BCUT2D eigenvalue weighted by molar-refractivity contribution is -0.137. The van der Waals surface area contributed by atoms with Gasteiger partial charge in [0.1, 0.15) is 28.5 Å². The predicted molar refractivity (Wildman–Crippen MR) is 145 cm³/mol. The molecule has 4 aliphatic heterocycles. The summed E-state index contributed by atoms with van der Waals surface area (Å²) in [5, 5.41) is 0. The van der Waals surface area contributed by atoms with E-state index >= 15 is 0 Å². The number of ether oxygens (including phenoxy) is 1. The molecule has 6 rings (SSSR count). The van der Waals surface area contributed by atoms with Gasteiger partial charge in [-0.25, -0.2) is 23.4 Å². The molecule has 6 heterocycles. The summed E-state index contributed by atoms with van der Waals surface area (Å²) < 4.78 is 28.9. The monoisotopic (exact) mass is 540 g/mol. The van der Waals surface area contributed by atoms with Crippen molar-refractivity contribution in [2.75, 3.05) is 48.4 Å². The fourth-order valence-electron chi connectivity index (χ4n) is 6.18. The molecule has 1 unspecified atom stereocenters. The number of rotatable bonds is 4. The van der Waals surface area contributed by atoms with E-state index in [4.69, 9.17) is 19.7 Å². The van der Waals surface area contributed by atoms with Crippen molar-refractivity contribution in [2.45, 2.75) is 69.2 Å². The number of piperazine rings is 1. The highest BCUT2D eigenvalue weighted by molar-refractivity contribution is 7.95. The van der Waals surface area contributed by atoms with Gasteiger partial charge in [0.25, 0.3) is 0 Å². The molecule has 1 amide bonds. The Bertz CT molecular complexity index is 1380. The molecule has 0 aromatic carbocycles. The van der Waals surface area contributed by atoms with Gasteiger partial charge in [-0.3, -0.25) is 4.79 Å². The first-order chi connectivity index (χ1) is 17.9. The molecule has 0 N–H and O–H groups in total. The number of carbonyl (C=O) groups excluding carboxylic acids is 1. The minimum Gasteiger partial charge on any atom is -0.380 e. The number of aromatic nitrogens is 3. The first kappa shape index (κ1) is 25.5. The van der Waals surface area contributed by atoms with Crippen LogP contribution in [0, 0.1) is 0 Å². The van der Waals surface area contributed by atoms with Crippen molar-refractivity contribution in [3.63, 3.8) is 0 Å². The van der Waals surface area contributed by atoms with Crippen molar-refractivity contribution >= 4 is 33.2 Å². The standard InChI is InChI=1S/C27H36N6O4S/c1-17-12-32(25(34)27(5)8-9-38(27,35)36)18(2)11-31(17)23-22-24(30-16-29-23)33(15-26(22,3)4)21-7-6-19(10-28-21)20-13-37-14-20/h6-7,10,16-18,20H,8-9,11-15H2,1-5H3/t17-,18+,27?/m0/s1. The number of hydrogen-bond acceptors (Lipinski definition) is 9. The maximum atomic E-state index is 13.4. The Morgan fingerprint density at radius 3 is 2.34 bits per heavy atom. The van der Waals surface area contributed by atoms with Crippen LogP contribution in [0.1, 0.15) is 58.1 Å². The summed E-state index contributed by atoms with van der Waals surface area (Å²) >= 11 is 0. The van der Waals surface area contributed by atoms with E-state index in [-0.39, 0.29) is 29.2 Å². The number of pyridine rings is 1. The van der Waals surface area contributed by atoms with Crippen LogP contribution in [0.15, 0.2) is 24.7 Å². The summed E-state index contributed by atoms with van der Waals surface area (Å²) in [5.41, 5.74) is 2.05. The van der Waals surface area contributed by atoms with Crippen molar-refractivity contribution in [3.8, 4) is 0 Å². The zero-order valence-corrected chi connectivity index (χ0v) is 23.5. The fourth-order valence-corrected chi connectivity index (χ4v) is 7.72. The zero-order chi connectivity index (χ0) is 27.0. The van der Waals surface area contributed by atoms with Gasteiger partial charge in [-0.2, -0.15) is 0 Å². The van der Waals surface area contributed by atoms with E-state index in [9.17, 15) is 13.2 Å². The molecule has 3 saturated heterocycles. The second-order valence-corrected chi connectivity index (χ2v) is 14.7. The van der Waals surface area contributed by atoms with Gasteiger partial charge in [0.15, 0.2) is 9.84 Å². The number of amides is 1. The Morgan fingerprint density at radius 2 is 1.76 bits per heavy atom. The molecule has 2 aromatic heterocycles. The molecule has 10 nitrogen and oxygen atoms in total. The summed E-state index contributed by atoms with van der Waals surface area (Å²) in [6.45, 7) is 13.3. The third-order valence-electron chi connectivity index (χ3n) is 8.96. The molecule has 204 valence electrons. The number of carbonyl (C=O) groups is 1. The zero-order valence-electron chi connectivity index (χ0n) is 22.7. The van der Waals surface area contributed by atoms with Crippen LogP contribution in [-0.2, 0) is 24.8 Å². The quantitative estimate of drug-likeness (QED) is 0.578. The molecule has 11 heteroatoms. The highest BCUT2D eigenvalue weighted by Gasteiger charge is 2.57. The molecule has 0 spiro atoms. The van der Waals surface area contributed by atoms with E-state index in [2.05, 4.69) is 42.7 Å². The summed E-state index contributed by atoms with van der Waals surface area (Å²) in [5.74, 6) is 2.83. The van der Waals surface area contributed by atoms with E-state index in [1.807, 2.05) is 13.1 Å². The minimum atomic E-state index is -3.38. The molecule has 0 aliphatic carbocycles. The van der Waals surface area contributed by atoms with Crippen LogP contribution in [0.2, 0.25) is 0 Å². The number of fused-ring (bicyclic) bond motifs is 1. The van der Waals surface area contributed by atoms with E-state index < -0.39 is 14.6 Å². The largest absolute Gasteiger partial charge is 0.380 e.